The number of aryl methyl sites for hydroxylation is 1. The molecule has 1 aromatic heterocycles. The minimum Gasteiger partial charge on any atom is -0.391 e. The van der Waals surface area contributed by atoms with Gasteiger partial charge in [0.2, 0.25) is 10.0 Å². The largest absolute Gasteiger partial charge is 0.391 e. The first-order valence-electron chi connectivity index (χ1n) is 6.27. The molecule has 1 aromatic carbocycles. The third-order valence-electron chi connectivity index (χ3n) is 3.56. The van der Waals surface area contributed by atoms with E-state index in [2.05, 4.69) is 14.9 Å². The fourth-order valence-electron chi connectivity index (χ4n) is 2.56. The van der Waals surface area contributed by atoms with Gasteiger partial charge in [-0.3, -0.25) is 5.10 Å². The molecule has 0 bridgehead atoms. The van der Waals surface area contributed by atoms with Gasteiger partial charge in [-0.2, -0.15) is 5.10 Å². The van der Waals surface area contributed by atoms with Crippen LogP contribution in [-0.2, 0) is 16.4 Å². The molecule has 6 nitrogen and oxygen atoms in total. The molecular weight excluding hydrogens is 278 g/mol. The molecule has 2 aromatic rings. The highest BCUT2D eigenvalue weighted by Gasteiger charge is 2.34. The summed E-state index contributed by atoms with van der Waals surface area (Å²) < 4.78 is 27.3. The van der Waals surface area contributed by atoms with Gasteiger partial charge in [0.1, 0.15) is 4.90 Å². The third kappa shape index (κ3) is 2.13. The topological polar surface area (TPSA) is 95.1 Å². The molecule has 0 spiro atoms. The summed E-state index contributed by atoms with van der Waals surface area (Å²) in [7, 11) is -3.71. The van der Waals surface area contributed by atoms with Crippen molar-refractivity contribution in [3.8, 4) is 0 Å². The lowest BCUT2D eigenvalue weighted by Gasteiger charge is -2.17. The van der Waals surface area contributed by atoms with Gasteiger partial charge in [-0.25, -0.2) is 13.1 Å². The Bertz CT molecular complexity index is 739. The fraction of sp³-hybridized carbons (Fsp3) is 0.308. The van der Waals surface area contributed by atoms with Gasteiger partial charge in [0.25, 0.3) is 0 Å². The van der Waals surface area contributed by atoms with Crippen molar-refractivity contribution in [3.63, 3.8) is 0 Å². The first kappa shape index (κ1) is 13.3. The molecular formula is C13H15N3O3S. The van der Waals surface area contributed by atoms with Gasteiger partial charge in [-0.15, -0.1) is 0 Å². The number of benzene rings is 1. The van der Waals surface area contributed by atoms with Crippen LogP contribution < -0.4 is 4.72 Å². The number of sulfonamides is 1. The van der Waals surface area contributed by atoms with E-state index >= 15 is 0 Å². The van der Waals surface area contributed by atoms with Crippen LogP contribution in [-0.4, -0.2) is 29.8 Å². The molecule has 1 aliphatic rings. The lowest BCUT2D eigenvalue weighted by molar-refractivity contribution is 0.151. The highest BCUT2D eigenvalue weighted by atomic mass is 32.2. The van der Waals surface area contributed by atoms with E-state index in [0.29, 0.717) is 12.1 Å². The van der Waals surface area contributed by atoms with E-state index in [9.17, 15) is 13.5 Å². The van der Waals surface area contributed by atoms with Crippen LogP contribution >= 0.6 is 0 Å². The molecule has 0 saturated carbocycles. The molecule has 20 heavy (non-hydrogen) atoms. The molecule has 3 rings (SSSR count). The number of nitrogens with one attached hydrogen (secondary N) is 2. The number of nitrogens with zero attached hydrogens (tertiary/aromatic N) is 1. The summed E-state index contributed by atoms with van der Waals surface area (Å²) in [5, 5.41) is 16.4. The summed E-state index contributed by atoms with van der Waals surface area (Å²) >= 11 is 0. The maximum atomic E-state index is 12.3. The SMILES string of the molecule is Cc1[nH]ncc1S(=O)(=O)NC1c2ccccc2CC1O. The van der Waals surface area contributed by atoms with Crippen LogP contribution in [0.1, 0.15) is 22.9 Å². The molecule has 0 amide bonds. The quantitative estimate of drug-likeness (QED) is 0.774. The van der Waals surface area contributed by atoms with Crippen LogP contribution in [0.5, 0.6) is 0 Å². The van der Waals surface area contributed by atoms with E-state index in [-0.39, 0.29) is 4.90 Å². The summed E-state index contributed by atoms with van der Waals surface area (Å²) in [4.78, 5) is 0.106. The minimum atomic E-state index is -3.71. The number of aromatic nitrogens is 2. The Morgan fingerprint density at radius 1 is 1.40 bits per heavy atom. The van der Waals surface area contributed by atoms with E-state index in [1.807, 2.05) is 24.3 Å². The van der Waals surface area contributed by atoms with Gasteiger partial charge in [-0.05, 0) is 18.1 Å². The van der Waals surface area contributed by atoms with E-state index < -0.39 is 22.2 Å². The summed E-state index contributed by atoms with van der Waals surface area (Å²) in [6.07, 6.45) is 0.966. The van der Waals surface area contributed by atoms with Gasteiger partial charge in [-0.1, -0.05) is 24.3 Å². The Morgan fingerprint density at radius 3 is 2.85 bits per heavy atom. The first-order chi connectivity index (χ1) is 9.49. The monoisotopic (exact) mass is 293 g/mol. The molecule has 2 unspecified atom stereocenters. The van der Waals surface area contributed by atoms with Gasteiger partial charge in [0.05, 0.1) is 24.0 Å². The zero-order chi connectivity index (χ0) is 14.3. The predicted octanol–water partition coefficient (Wildman–Crippen LogP) is 0.655. The Labute approximate surface area is 116 Å². The van der Waals surface area contributed by atoms with E-state index in [1.54, 1.807) is 6.92 Å². The lowest BCUT2D eigenvalue weighted by Crippen LogP contribution is -2.34. The van der Waals surface area contributed by atoms with Gasteiger partial charge in [0.15, 0.2) is 0 Å². The second kappa shape index (κ2) is 4.69. The summed E-state index contributed by atoms with van der Waals surface area (Å²) in [5.41, 5.74) is 2.26. The van der Waals surface area contributed by atoms with Crippen molar-refractivity contribution in [2.45, 2.75) is 30.4 Å². The molecule has 1 aliphatic carbocycles. The van der Waals surface area contributed by atoms with Crippen LogP contribution in [0.15, 0.2) is 35.4 Å². The molecule has 1 heterocycles. The normalized spacial score (nSPS) is 21.9. The Kier molecular flexibility index (Phi) is 3.12. The van der Waals surface area contributed by atoms with Crippen LogP contribution in [0.25, 0.3) is 0 Å². The molecule has 0 saturated heterocycles. The van der Waals surface area contributed by atoms with E-state index in [4.69, 9.17) is 0 Å². The average Bonchev–Trinajstić information content (AvgIpc) is 2.95. The van der Waals surface area contributed by atoms with Crippen molar-refractivity contribution >= 4 is 10.0 Å². The number of rotatable bonds is 3. The Morgan fingerprint density at radius 2 is 2.15 bits per heavy atom. The van der Waals surface area contributed by atoms with Crippen LogP contribution in [0, 0.1) is 6.92 Å². The van der Waals surface area contributed by atoms with Crippen molar-refractivity contribution in [2.75, 3.05) is 0 Å². The number of hydrogen-bond acceptors (Lipinski definition) is 4. The van der Waals surface area contributed by atoms with Gasteiger partial charge in [0, 0.05) is 6.42 Å². The zero-order valence-electron chi connectivity index (χ0n) is 10.9. The average molecular weight is 293 g/mol. The van der Waals surface area contributed by atoms with Gasteiger partial charge >= 0.3 is 0 Å². The number of aliphatic hydroxyl groups excluding tert-OH is 1. The second-order valence-corrected chi connectivity index (χ2v) is 6.61. The molecule has 0 aliphatic heterocycles. The number of aromatic amines is 1. The van der Waals surface area contributed by atoms with E-state index in [1.165, 1.54) is 6.20 Å². The highest BCUT2D eigenvalue weighted by Crippen LogP contribution is 2.32. The zero-order valence-corrected chi connectivity index (χ0v) is 11.7. The highest BCUT2D eigenvalue weighted by molar-refractivity contribution is 7.89. The molecule has 0 fully saturated rings. The molecule has 106 valence electrons. The maximum absolute atomic E-state index is 12.3. The summed E-state index contributed by atoms with van der Waals surface area (Å²) in [6.45, 7) is 1.64. The van der Waals surface area contributed by atoms with Crippen molar-refractivity contribution in [1.82, 2.24) is 14.9 Å². The lowest BCUT2D eigenvalue weighted by atomic mass is 10.1. The second-order valence-electron chi connectivity index (χ2n) is 4.93. The molecule has 7 heteroatoms. The predicted molar refractivity (Wildman–Crippen MR) is 72.5 cm³/mol. The summed E-state index contributed by atoms with van der Waals surface area (Å²) in [6, 6.07) is 6.83. The molecule has 0 radical (unpaired) electrons. The van der Waals surface area contributed by atoms with Crippen molar-refractivity contribution in [3.05, 3.63) is 47.3 Å². The Balaban J connectivity index is 1.94. The number of aliphatic hydroxyl groups is 1. The minimum absolute atomic E-state index is 0.106. The molecule has 3 N–H and O–H groups in total. The smallest absolute Gasteiger partial charge is 0.244 e. The van der Waals surface area contributed by atoms with Crippen LogP contribution in [0.3, 0.4) is 0 Å². The van der Waals surface area contributed by atoms with Crippen LogP contribution in [0.4, 0.5) is 0 Å². The van der Waals surface area contributed by atoms with Crippen molar-refractivity contribution in [1.29, 1.82) is 0 Å². The molecule has 2 atom stereocenters. The van der Waals surface area contributed by atoms with Gasteiger partial charge < -0.3 is 5.11 Å². The number of H-pyrrole nitrogens is 1. The number of hydrogen-bond donors (Lipinski definition) is 3. The standard InChI is InChI=1S/C13H15N3O3S/c1-8-12(7-14-15-8)20(18,19)16-13-10-5-3-2-4-9(10)6-11(13)17/h2-5,7,11,13,16-17H,6H2,1H3,(H,14,15). The fourth-order valence-corrected chi connectivity index (χ4v) is 3.94. The first-order valence-corrected chi connectivity index (χ1v) is 7.75. The Hall–Kier alpha value is -1.70. The van der Waals surface area contributed by atoms with Crippen molar-refractivity contribution in [2.24, 2.45) is 0 Å². The van der Waals surface area contributed by atoms with Crippen molar-refractivity contribution < 1.29 is 13.5 Å². The maximum Gasteiger partial charge on any atom is 0.244 e. The summed E-state index contributed by atoms with van der Waals surface area (Å²) in [5.74, 6) is 0. The van der Waals surface area contributed by atoms with Crippen LogP contribution in [0.2, 0.25) is 0 Å². The van der Waals surface area contributed by atoms with E-state index in [0.717, 1.165) is 11.1 Å². The number of fused-ring (bicyclic) bond motifs is 1. The third-order valence-corrected chi connectivity index (χ3v) is 5.11.